The lowest BCUT2D eigenvalue weighted by Crippen LogP contribution is -2.39. The minimum atomic E-state index is -0.278. The van der Waals surface area contributed by atoms with E-state index in [4.69, 9.17) is 0 Å². The van der Waals surface area contributed by atoms with Crippen molar-refractivity contribution in [1.82, 2.24) is 14.5 Å². The maximum atomic E-state index is 12.0. The number of hydrogen-bond donors (Lipinski definition) is 1. The molecule has 0 bridgehead atoms. The topological polar surface area (TPSA) is 56.0 Å². The Morgan fingerprint density at radius 1 is 1.19 bits per heavy atom. The van der Waals surface area contributed by atoms with Crippen molar-refractivity contribution in [1.29, 1.82) is 0 Å². The van der Waals surface area contributed by atoms with Crippen LogP contribution in [0.4, 0.5) is 0 Å². The lowest BCUT2D eigenvalue weighted by atomic mass is 9.81. The molecule has 5 heteroatoms. The fraction of sp³-hybridized carbons (Fsp3) is 0.750. The molecule has 1 fully saturated rings. The zero-order chi connectivity index (χ0) is 15.4. The predicted octanol–water partition coefficient (Wildman–Crippen LogP) is 1.39. The van der Waals surface area contributed by atoms with Gasteiger partial charge < -0.3 is 9.88 Å². The van der Waals surface area contributed by atoms with Crippen LogP contribution in [0.25, 0.3) is 0 Å². The van der Waals surface area contributed by atoms with Gasteiger partial charge in [-0.05, 0) is 24.8 Å². The fourth-order valence-corrected chi connectivity index (χ4v) is 3.15. The van der Waals surface area contributed by atoms with E-state index >= 15 is 0 Å². The van der Waals surface area contributed by atoms with Crippen LogP contribution in [0.3, 0.4) is 0 Å². The highest BCUT2D eigenvalue weighted by Crippen LogP contribution is 2.29. The maximum absolute atomic E-state index is 12.0. The molecule has 0 saturated heterocycles. The van der Waals surface area contributed by atoms with Crippen LogP contribution in [0, 0.1) is 11.8 Å². The molecule has 0 atom stereocenters. The Labute approximate surface area is 126 Å². The van der Waals surface area contributed by atoms with Crippen LogP contribution < -0.4 is 16.6 Å². The Balaban J connectivity index is 1.82. The van der Waals surface area contributed by atoms with Crippen molar-refractivity contribution in [3.63, 3.8) is 0 Å². The highest BCUT2D eigenvalue weighted by atomic mass is 16.2. The van der Waals surface area contributed by atoms with Gasteiger partial charge in [0.1, 0.15) is 0 Å². The van der Waals surface area contributed by atoms with Gasteiger partial charge in [0.05, 0.1) is 0 Å². The summed E-state index contributed by atoms with van der Waals surface area (Å²) in [7, 11) is 3.20. The van der Waals surface area contributed by atoms with Crippen LogP contribution in [0.15, 0.2) is 15.8 Å². The monoisotopic (exact) mass is 293 g/mol. The van der Waals surface area contributed by atoms with Gasteiger partial charge in [-0.3, -0.25) is 9.36 Å². The standard InChI is InChI=1S/C16H27N3O2/c1-12-4-6-13(7-5-12)8-9-17-10-14-11-18(2)16(21)19(3)15(14)20/h11-13,17H,4-10H2,1-3H3. The number of aryl methyl sites for hydroxylation is 1. The van der Waals surface area contributed by atoms with Crippen molar-refractivity contribution < 1.29 is 0 Å². The average molecular weight is 293 g/mol. The van der Waals surface area contributed by atoms with Crippen molar-refractivity contribution in [2.75, 3.05) is 6.54 Å². The molecule has 2 rings (SSSR count). The number of hydrogen-bond acceptors (Lipinski definition) is 3. The molecule has 0 aromatic carbocycles. The third-order valence-electron chi connectivity index (χ3n) is 4.70. The third-order valence-corrected chi connectivity index (χ3v) is 4.70. The minimum absolute atomic E-state index is 0.197. The third kappa shape index (κ3) is 4.06. The van der Waals surface area contributed by atoms with E-state index in [1.165, 1.54) is 48.3 Å². The Hall–Kier alpha value is -1.36. The lowest BCUT2D eigenvalue weighted by molar-refractivity contribution is 0.275. The SMILES string of the molecule is CC1CCC(CCNCc2cn(C)c(=O)n(C)c2=O)CC1. The van der Waals surface area contributed by atoms with Gasteiger partial charge in [-0.15, -0.1) is 0 Å². The Morgan fingerprint density at radius 2 is 1.86 bits per heavy atom. The zero-order valence-electron chi connectivity index (χ0n) is 13.4. The van der Waals surface area contributed by atoms with E-state index in [1.807, 2.05) is 0 Å². The first kappa shape index (κ1) is 16.0. The van der Waals surface area contributed by atoms with E-state index < -0.39 is 0 Å². The summed E-state index contributed by atoms with van der Waals surface area (Å²) in [6, 6.07) is 0. The lowest BCUT2D eigenvalue weighted by Gasteiger charge is -2.26. The molecule has 1 aromatic rings. The highest BCUT2D eigenvalue weighted by molar-refractivity contribution is 5.05. The Morgan fingerprint density at radius 3 is 2.52 bits per heavy atom. The molecule has 118 valence electrons. The largest absolute Gasteiger partial charge is 0.330 e. The first-order chi connectivity index (χ1) is 9.99. The predicted molar refractivity (Wildman–Crippen MR) is 84.4 cm³/mol. The summed E-state index contributed by atoms with van der Waals surface area (Å²) < 4.78 is 2.63. The maximum Gasteiger partial charge on any atom is 0.330 e. The molecule has 0 radical (unpaired) electrons. The van der Waals surface area contributed by atoms with E-state index in [0.29, 0.717) is 12.1 Å². The summed E-state index contributed by atoms with van der Waals surface area (Å²) in [5.41, 5.74) is 0.175. The second-order valence-corrected chi connectivity index (χ2v) is 6.50. The van der Waals surface area contributed by atoms with Crippen LogP contribution in [0.2, 0.25) is 0 Å². The molecule has 1 aromatic heterocycles. The van der Waals surface area contributed by atoms with Gasteiger partial charge in [-0.25, -0.2) is 4.79 Å². The molecule has 21 heavy (non-hydrogen) atoms. The smallest absolute Gasteiger partial charge is 0.312 e. The Kier molecular flexibility index (Phi) is 5.39. The van der Waals surface area contributed by atoms with Crippen LogP contribution in [0.5, 0.6) is 0 Å². The minimum Gasteiger partial charge on any atom is -0.312 e. The normalized spacial score (nSPS) is 22.4. The molecule has 5 nitrogen and oxygen atoms in total. The van der Waals surface area contributed by atoms with Crippen molar-refractivity contribution in [2.45, 2.75) is 45.6 Å². The Bertz CT molecular complexity index is 580. The van der Waals surface area contributed by atoms with Gasteiger partial charge in [-0.2, -0.15) is 0 Å². The first-order valence-corrected chi connectivity index (χ1v) is 7.95. The van der Waals surface area contributed by atoms with Gasteiger partial charge in [0, 0.05) is 32.4 Å². The molecule has 0 unspecified atom stereocenters. The van der Waals surface area contributed by atoms with Crippen LogP contribution in [0.1, 0.15) is 44.6 Å². The van der Waals surface area contributed by atoms with Crippen molar-refractivity contribution in [3.8, 4) is 0 Å². The molecular weight excluding hydrogens is 266 g/mol. The molecule has 1 aliphatic carbocycles. The molecule has 0 amide bonds. The molecule has 0 aliphatic heterocycles. The molecular formula is C16H27N3O2. The quantitative estimate of drug-likeness (QED) is 0.835. The van der Waals surface area contributed by atoms with E-state index in [9.17, 15) is 9.59 Å². The summed E-state index contributed by atoms with van der Waals surface area (Å²) in [4.78, 5) is 23.6. The van der Waals surface area contributed by atoms with E-state index in [-0.39, 0.29) is 11.2 Å². The van der Waals surface area contributed by atoms with Crippen molar-refractivity contribution in [2.24, 2.45) is 25.9 Å². The van der Waals surface area contributed by atoms with E-state index in [1.54, 1.807) is 13.2 Å². The van der Waals surface area contributed by atoms with Crippen LogP contribution >= 0.6 is 0 Å². The molecule has 1 heterocycles. The average Bonchev–Trinajstić information content (AvgIpc) is 2.48. The van der Waals surface area contributed by atoms with Gasteiger partial charge in [0.2, 0.25) is 0 Å². The van der Waals surface area contributed by atoms with Crippen LogP contribution in [-0.4, -0.2) is 15.7 Å². The van der Waals surface area contributed by atoms with E-state index in [2.05, 4.69) is 12.2 Å². The van der Waals surface area contributed by atoms with Gasteiger partial charge in [0.25, 0.3) is 5.56 Å². The second kappa shape index (κ2) is 7.07. The van der Waals surface area contributed by atoms with Gasteiger partial charge in [0.15, 0.2) is 0 Å². The summed E-state index contributed by atoms with van der Waals surface area (Å²) in [6.07, 6.45) is 8.20. The number of rotatable bonds is 5. The summed E-state index contributed by atoms with van der Waals surface area (Å²) in [5, 5.41) is 3.35. The zero-order valence-corrected chi connectivity index (χ0v) is 13.4. The van der Waals surface area contributed by atoms with Gasteiger partial charge in [-0.1, -0.05) is 32.6 Å². The number of aromatic nitrogens is 2. The van der Waals surface area contributed by atoms with E-state index in [0.717, 1.165) is 18.4 Å². The first-order valence-electron chi connectivity index (χ1n) is 7.95. The molecule has 1 N–H and O–H groups in total. The fourth-order valence-electron chi connectivity index (χ4n) is 3.15. The van der Waals surface area contributed by atoms with Crippen LogP contribution in [-0.2, 0) is 20.6 Å². The molecule has 1 saturated carbocycles. The second-order valence-electron chi connectivity index (χ2n) is 6.50. The van der Waals surface area contributed by atoms with Gasteiger partial charge >= 0.3 is 5.69 Å². The summed E-state index contributed by atoms with van der Waals surface area (Å²) in [5.74, 6) is 1.72. The number of nitrogens with one attached hydrogen (secondary N) is 1. The molecule has 0 spiro atoms. The van der Waals surface area contributed by atoms with Crippen molar-refractivity contribution in [3.05, 3.63) is 32.6 Å². The summed E-state index contributed by atoms with van der Waals surface area (Å²) >= 11 is 0. The van der Waals surface area contributed by atoms with Crippen molar-refractivity contribution >= 4 is 0 Å². The molecule has 1 aliphatic rings. The summed E-state index contributed by atoms with van der Waals surface area (Å²) in [6.45, 7) is 3.80. The number of nitrogens with zero attached hydrogens (tertiary/aromatic N) is 2. The highest BCUT2D eigenvalue weighted by Gasteiger charge is 2.17.